The van der Waals surface area contributed by atoms with Gasteiger partial charge in [0.15, 0.2) is 0 Å². The third-order valence-corrected chi connectivity index (χ3v) is 3.31. The quantitative estimate of drug-likeness (QED) is 0.514. The van der Waals surface area contributed by atoms with E-state index >= 15 is 0 Å². The number of terminal acetylenes is 1. The molecule has 0 saturated carbocycles. The molecule has 0 nitrogen and oxygen atoms in total. The van der Waals surface area contributed by atoms with Crippen LogP contribution in [0.25, 0.3) is 0 Å². The van der Waals surface area contributed by atoms with Gasteiger partial charge in [0.25, 0.3) is 0 Å². The molecule has 0 aliphatic heterocycles. The van der Waals surface area contributed by atoms with Crippen LogP contribution in [0.5, 0.6) is 0 Å². The standard InChI is InChI=1S/C10H10S/c1-2-9-7-8-5-3-4-6-10(8)11-9/h1,7H,3-6H2. The minimum atomic E-state index is 1.11. The molecule has 0 saturated heterocycles. The Kier molecular flexibility index (Phi) is 1.71. The Morgan fingerprint density at radius 1 is 1.36 bits per heavy atom. The van der Waals surface area contributed by atoms with Crippen LogP contribution in [0.15, 0.2) is 6.07 Å². The van der Waals surface area contributed by atoms with Crippen molar-refractivity contribution in [1.82, 2.24) is 0 Å². The molecule has 0 unspecified atom stereocenters. The molecule has 0 fully saturated rings. The molecule has 0 atom stereocenters. The summed E-state index contributed by atoms with van der Waals surface area (Å²) in [6.45, 7) is 0. The maximum atomic E-state index is 5.32. The molecule has 0 radical (unpaired) electrons. The Morgan fingerprint density at radius 3 is 2.91 bits per heavy atom. The summed E-state index contributed by atoms with van der Waals surface area (Å²) in [7, 11) is 0. The Balaban J connectivity index is 2.42. The molecule has 0 spiro atoms. The van der Waals surface area contributed by atoms with Crippen LogP contribution < -0.4 is 0 Å². The molecule has 0 bridgehead atoms. The van der Waals surface area contributed by atoms with Gasteiger partial charge in [-0.1, -0.05) is 5.92 Å². The van der Waals surface area contributed by atoms with Crippen molar-refractivity contribution in [2.45, 2.75) is 25.7 Å². The van der Waals surface area contributed by atoms with Crippen molar-refractivity contribution in [3.05, 3.63) is 21.4 Å². The van der Waals surface area contributed by atoms with Gasteiger partial charge in [0.05, 0.1) is 4.88 Å². The topological polar surface area (TPSA) is 0 Å². The Labute approximate surface area is 71.3 Å². The Hall–Kier alpha value is -0.740. The van der Waals surface area contributed by atoms with Gasteiger partial charge in [-0.3, -0.25) is 0 Å². The zero-order chi connectivity index (χ0) is 7.68. The highest BCUT2D eigenvalue weighted by Crippen LogP contribution is 2.28. The van der Waals surface area contributed by atoms with Gasteiger partial charge >= 0.3 is 0 Å². The third kappa shape index (κ3) is 1.19. The van der Waals surface area contributed by atoms with Crippen LogP contribution in [-0.4, -0.2) is 0 Å². The van der Waals surface area contributed by atoms with Crippen molar-refractivity contribution < 1.29 is 0 Å². The lowest BCUT2D eigenvalue weighted by molar-refractivity contribution is 0.697. The second kappa shape index (κ2) is 2.71. The van der Waals surface area contributed by atoms with Crippen LogP contribution in [0.3, 0.4) is 0 Å². The average molecular weight is 162 g/mol. The predicted octanol–water partition coefficient (Wildman–Crippen LogP) is 2.61. The lowest BCUT2D eigenvalue weighted by Crippen LogP contribution is -1.96. The first kappa shape index (κ1) is 6.94. The molecular formula is C10H10S. The molecule has 56 valence electrons. The molecule has 1 heteroatoms. The van der Waals surface area contributed by atoms with Crippen LogP contribution >= 0.6 is 11.3 Å². The van der Waals surface area contributed by atoms with E-state index in [4.69, 9.17) is 6.42 Å². The number of fused-ring (bicyclic) bond motifs is 1. The van der Waals surface area contributed by atoms with Crippen molar-refractivity contribution in [3.63, 3.8) is 0 Å². The van der Waals surface area contributed by atoms with Crippen LogP contribution in [0.4, 0.5) is 0 Å². The first-order chi connectivity index (χ1) is 5.40. The number of hydrogen-bond donors (Lipinski definition) is 0. The van der Waals surface area contributed by atoms with Gasteiger partial charge in [0.2, 0.25) is 0 Å². The fourth-order valence-electron chi connectivity index (χ4n) is 1.56. The summed E-state index contributed by atoms with van der Waals surface area (Å²) in [6.07, 6.45) is 10.5. The van der Waals surface area contributed by atoms with Crippen molar-refractivity contribution in [3.8, 4) is 12.3 Å². The molecule has 0 amide bonds. The SMILES string of the molecule is C#Cc1cc2c(s1)CCCC2. The van der Waals surface area contributed by atoms with E-state index in [0.29, 0.717) is 0 Å². The summed E-state index contributed by atoms with van der Waals surface area (Å²) >= 11 is 1.80. The van der Waals surface area contributed by atoms with Crippen LogP contribution in [0, 0.1) is 12.3 Å². The summed E-state index contributed by atoms with van der Waals surface area (Å²) in [6, 6.07) is 2.18. The molecule has 1 aromatic heterocycles. The van der Waals surface area contributed by atoms with Gasteiger partial charge in [-0.05, 0) is 37.3 Å². The van der Waals surface area contributed by atoms with E-state index < -0.39 is 0 Å². The van der Waals surface area contributed by atoms with E-state index in [1.165, 1.54) is 36.1 Å². The molecule has 2 rings (SSSR count). The van der Waals surface area contributed by atoms with Gasteiger partial charge in [-0.2, -0.15) is 0 Å². The fraction of sp³-hybridized carbons (Fsp3) is 0.400. The average Bonchev–Trinajstić information content (AvgIpc) is 2.46. The lowest BCUT2D eigenvalue weighted by atomic mass is 9.99. The minimum absolute atomic E-state index is 1.11. The highest BCUT2D eigenvalue weighted by molar-refractivity contribution is 7.12. The van der Waals surface area contributed by atoms with Gasteiger partial charge in [0.1, 0.15) is 0 Å². The number of aryl methyl sites for hydroxylation is 2. The zero-order valence-corrected chi connectivity index (χ0v) is 7.21. The van der Waals surface area contributed by atoms with Gasteiger partial charge in [0, 0.05) is 4.88 Å². The second-order valence-corrected chi connectivity index (χ2v) is 4.05. The summed E-state index contributed by atoms with van der Waals surface area (Å²) in [5.74, 6) is 2.70. The number of thiophene rings is 1. The molecule has 0 N–H and O–H groups in total. The van der Waals surface area contributed by atoms with E-state index in [1.54, 1.807) is 11.3 Å². The largest absolute Gasteiger partial charge is 0.131 e. The maximum Gasteiger partial charge on any atom is 0.0771 e. The van der Waals surface area contributed by atoms with Crippen molar-refractivity contribution in [2.24, 2.45) is 0 Å². The first-order valence-electron chi connectivity index (χ1n) is 3.98. The second-order valence-electron chi connectivity index (χ2n) is 2.91. The van der Waals surface area contributed by atoms with E-state index in [0.717, 1.165) is 4.88 Å². The highest BCUT2D eigenvalue weighted by atomic mass is 32.1. The van der Waals surface area contributed by atoms with Crippen molar-refractivity contribution >= 4 is 11.3 Å². The van der Waals surface area contributed by atoms with Crippen LogP contribution in [0.2, 0.25) is 0 Å². The summed E-state index contributed by atoms with van der Waals surface area (Å²) in [5, 5.41) is 0. The zero-order valence-electron chi connectivity index (χ0n) is 6.39. The van der Waals surface area contributed by atoms with Crippen LogP contribution in [-0.2, 0) is 12.8 Å². The molecule has 1 aliphatic carbocycles. The Bertz CT molecular complexity index is 278. The fourth-order valence-corrected chi connectivity index (χ4v) is 2.63. The van der Waals surface area contributed by atoms with Gasteiger partial charge < -0.3 is 0 Å². The van der Waals surface area contributed by atoms with E-state index in [9.17, 15) is 0 Å². The molecule has 1 aromatic rings. The number of hydrogen-bond acceptors (Lipinski definition) is 1. The normalized spacial score (nSPS) is 15.5. The van der Waals surface area contributed by atoms with E-state index in [1.807, 2.05) is 0 Å². The maximum absolute atomic E-state index is 5.32. The number of rotatable bonds is 0. The smallest absolute Gasteiger partial charge is 0.0771 e. The summed E-state index contributed by atoms with van der Waals surface area (Å²) < 4.78 is 0. The highest BCUT2D eigenvalue weighted by Gasteiger charge is 2.11. The van der Waals surface area contributed by atoms with Gasteiger partial charge in [-0.25, -0.2) is 0 Å². The van der Waals surface area contributed by atoms with Gasteiger partial charge in [-0.15, -0.1) is 17.8 Å². The molecule has 1 heterocycles. The minimum Gasteiger partial charge on any atom is -0.131 e. The summed E-state index contributed by atoms with van der Waals surface area (Å²) in [5.41, 5.74) is 1.51. The van der Waals surface area contributed by atoms with Crippen molar-refractivity contribution in [1.29, 1.82) is 0 Å². The summed E-state index contributed by atoms with van der Waals surface area (Å²) in [4.78, 5) is 2.64. The third-order valence-electron chi connectivity index (χ3n) is 2.14. The molecule has 1 aliphatic rings. The Morgan fingerprint density at radius 2 is 2.18 bits per heavy atom. The van der Waals surface area contributed by atoms with Crippen molar-refractivity contribution in [2.75, 3.05) is 0 Å². The monoisotopic (exact) mass is 162 g/mol. The lowest BCUT2D eigenvalue weighted by Gasteiger charge is -2.08. The van der Waals surface area contributed by atoms with E-state index in [-0.39, 0.29) is 0 Å². The predicted molar refractivity (Wildman–Crippen MR) is 48.9 cm³/mol. The van der Waals surface area contributed by atoms with E-state index in [2.05, 4.69) is 12.0 Å². The first-order valence-corrected chi connectivity index (χ1v) is 4.80. The van der Waals surface area contributed by atoms with Crippen LogP contribution in [0.1, 0.15) is 28.2 Å². The molecule has 0 aromatic carbocycles. The molecule has 11 heavy (non-hydrogen) atoms. The molecular weight excluding hydrogens is 152 g/mol.